The molecule has 1 heterocycles. The van der Waals surface area contributed by atoms with Crippen LogP contribution in [0, 0.1) is 0 Å². The van der Waals surface area contributed by atoms with Crippen LogP contribution in [0.25, 0.3) is 0 Å². The molecule has 21 heavy (non-hydrogen) atoms. The van der Waals surface area contributed by atoms with Crippen molar-refractivity contribution in [2.24, 2.45) is 5.73 Å². The van der Waals surface area contributed by atoms with Gasteiger partial charge in [-0.15, -0.1) is 0 Å². The lowest BCUT2D eigenvalue weighted by Crippen LogP contribution is -2.32. The fraction of sp³-hybridized carbons (Fsp3) is 0.500. The van der Waals surface area contributed by atoms with E-state index in [0.29, 0.717) is 13.0 Å². The number of hydrogen-bond acceptors (Lipinski definition) is 3. The standard InChI is InChI=1S/C16H23N3O2/c17-14(13-6-2-1-3-7-13)12-15(20)18-9-5-11-19-10-4-8-16(19)21/h1-3,6-7,14H,4-5,8-12,17H2,(H,18,20). The van der Waals surface area contributed by atoms with Crippen molar-refractivity contribution in [3.8, 4) is 0 Å². The van der Waals surface area contributed by atoms with E-state index in [9.17, 15) is 9.59 Å². The Balaban J connectivity index is 1.62. The number of benzene rings is 1. The zero-order valence-corrected chi connectivity index (χ0v) is 12.3. The Kier molecular flexibility index (Phi) is 5.75. The maximum atomic E-state index is 11.8. The zero-order valence-electron chi connectivity index (χ0n) is 12.3. The van der Waals surface area contributed by atoms with Crippen molar-refractivity contribution in [2.75, 3.05) is 19.6 Å². The molecule has 0 saturated carbocycles. The van der Waals surface area contributed by atoms with E-state index in [1.54, 1.807) is 0 Å². The minimum atomic E-state index is -0.272. The minimum Gasteiger partial charge on any atom is -0.356 e. The molecule has 1 atom stereocenters. The van der Waals surface area contributed by atoms with E-state index in [2.05, 4.69) is 5.32 Å². The predicted molar refractivity (Wildman–Crippen MR) is 81.4 cm³/mol. The number of hydrogen-bond donors (Lipinski definition) is 2. The van der Waals surface area contributed by atoms with Crippen molar-refractivity contribution >= 4 is 11.8 Å². The van der Waals surface area contributed by atoms with Gasteiger partial charge < -0.3 is 16.0 Å². The van der Waals surface area contributed by atoms with E-state index in [-0.39, 0.29) is 24.3 Å². The monoisotopic (exact) mass is 289 g/mol. The van der Waals surface area contributed by atoms with Gasteiger partial charge in [0.05, 0.1) is 0 Å². The number of amides is 2. The third-order valence-electron chi connectivity index (χ3n) is 3.73. The SMILES string of the molecule is NC(CC(=O)NCCCN1CCCC1=O)c1ccccc1. The summed E-state index contributed by atoms with van der Waals surface area (Å²) in [5.41, 5.74) is 6.97. The largest absolute Gasteiger partial charge is 0.356 e. The van der Waals surface area contributed by atoms with E-state index in [0.717, 1.165) is 31.5 Å². The van der Waals surface area contributed by atoms with Gasteiger partial charge in [-0.05, 0) is 18.4 Å². The Morgan fingerprint density at radius 3 is 2.76 bits per heavy atom. The van der Waals surface area contributed by atoms with Crippen LogP contribution in [0.5, 0.6) is 0 Å². The third kappa shape index (κ3) is 4.86. The highest BCUT2D eigenvalue weighted by Gasteiger charge is 2.19. The predicted octanol–water partition coefficient (Wildman–Crippen LogP) is 1.21. The number of nitrogens with one attached hydrogen (secondary N) is 1. The Hall–Kier alpha value is -1.88. The van der Waals surface area contributed by atoms with Gasteiger partial charge in [-0.25, -0.2) is 0 Å². The molecule has 0 radical (unpaired) electrons. The molecule has 1 aliphatic heterocycles. The minimum absolute atomic E-state index is 0.0425. The van der Waals surface area contributed by atoms with Gasteiger partial charge in [-0.1, -0.05) is 30.3 Å². The molecule has 1 aromatic carbocycles. The Bertz CT molecular complexity index is 476. The van der Waals surface area contributed by atoms with E-state index in [4.69, 9.17) is 5.73 Å². The van der Waals surface area contributed by atoms with E-state index in [1.165, 1.54) is 0 Å². The lowest BCUT2D eigenvalue weighted by Gasteiger charge is -2.16. The van der Waals surface area contributed by atoms with Gasteiger partial charge in [-0.2, -0.15) is 0 Å². The summed E-state index contributed by atoms with van der Waals surface area (Å²) in [6.45, 7) is 2.17. The van der Waals surface area contributed by atoms with Gasteiger partial charge in [0.2, 0.25) is 11.8 Å². The van der Waals surface area contributed by atoms with E-state index in [1.807, 2.05) is 35.2 Å². The van der Waals surface area contributed by atoms with Gasteiger partial charge in [0.15, 0.2) is 0 Å². The second-order valence-electron chi connectivity index (χ2n) is 5.41. The first-order valence-electron chi connectivity index (χ1n) is 7.52. The fourth-order valence-electron chi connectivity index (χ4n) is 2.53. The number of rotatable bonds is 7. The first kappa shape index (κ1) is 15.5. The Labute approximate surface area is 125 Å². The average Bonchev–Trinajstić information content (AvgIpc) is 2.90. The summed E-state index contributed by atoms with van der Waals surface area (Å²) in [7, 11) is 0. The van der Waals surface area contributed by atoms with Crippen LogP contribution >= 0.6 is 0 Å². The summed E-state index contributed by atoms with van der Waals surface area (Å²) in [5, 5.41) is 2.87. The summed E-state index contributed by atoms with van der Waals surface area (Å²) in [6, 6.07) is 9.34. The van der Waals surface area contributed by atoms with Crippen LogP contribution < -0.4 is 11.1 Å². The van der Waals surface area contributed by atoms with Crippen LogP contribution in [0.4, 0.5) is 0 Å². The van der Waals surface area contributed by atoms with Crippen LogP contribution in [-0.4, -0.2) is 36.3 Å². The van der Waals surface area contributed by atoms with Crippen molar-refractivity contribution in [1.29, 1.82) is 0 Å². The summed E-state index contributed by atoms with van der Waals surface area (Å²) < 4.78 is 0. The smallest absolute Gasteiger partial charge is 0.222 e. The maximum absolute atomic E-state index is 11.8. The van der Waals surface area contributed by atoms with Crippen molar-refractivity contribution in [1.82, 2.24) is 10.2 Å². The van der Waals surface area contributed by atoms with E-state index >= 15 is 0 Å². The molecule has 1 aliphatic rings. The quantitative estimate of drug-likeness (QED) is 0.741. The molecule has 3 N–H and O–H groups in total. The van der Waals surface area contributed by atoms with Gasteiger partial charge in [0, 0.05) is 38.5 Å². The summed E-state index contributed by atoms with van der Waals surface area (Å²) in [5.74, 6) is 0.187. The van der Waals surface area contributed by atoms with E-state index < -0.39 is 0 Å². The normalized spacial score (nSPS) is 16.0. The second-order valence-corrected chi connectivity index (χ2v) is 5.41. The van der Waals surface area contributed by atoms with Crippen LogP contribution in [0.15, 0.2) is 30.3 Å². The van der Waals surface area contributed by atoms with Crippen LogP contribution in [0.1, 0.15) is 37.3 Å². The first-order valence-corrected chi connectivity index (χ1v) is 7.52. The highest BCUT2D eigenvalue weighted by atomic mass is 16.2. The molecule has 0 aliphatic carbocycles. The maximum Gasteiger partial charge on any atom is 0.222 e. The molecule has 2 rings (SSSR count). The number of carbonyl (C=O) groups excluding carboxylic acids is 2. The van der Waals surface area contributed by atoms with Crippen molar-refractivity contribution in [2.45, 2.75) is 31.7 Å². The van der Waals surface area contributed by atoms with Crippen LogP contribution in [0.3, 0.4) is 0 Å². The molecule has 1 aromatic rings. The van der Waals surface area contributed by atoms with Gasteiger partial charge >= 0.3 is 0 Å². The van der Waals surface area contributed by atoms with Gasteiger partial charge in [-0.3, -0.25) is 9.59 Å². The molecular weight excluding hydrogens is 266 g/mol. The lowest BCUT2D eigenvalue weighted by molar-refractivity contribution is -0.127. The molecular formula is C16H23N3O2. The van der Waals surface area contributed by atoms with Crippen molar-refractivity contribution < 1.29 is 9.59 Å². The zero-order chi connectivity index (χ0) is 15.1. The molecule has 0 spiro atoms. The van der Waals surface area contributed by atoms with Crippen LogP contribution in [0.2, 0.25) is 0 Å². The lowest BCUT2D eigenvalue weighted by atomic mass is 10.0. The molecule has 5 nitrogen and oxygen atoms in total. The molecule has 5 heteroatoms. The Morgan fingerprint density at radius 2 is 2.10 bits per heavy atom. The van der Waals surface area contributed by atoms with Crippen molar-refractivity contribution in [3.05, 3.63) is 35.9 Å². The molecule has 0 bridgehead atoms. The second kappa shape index (κ2) is 7.78. The summed E-state index contributed by atoms with van der Waals surface area (Å²) in [4.78, 5) is 25.1. The molecule has 1 saturated heterocycles. The summed E-state index contributed by atoms with van der Waals surface area (Å²) >= 11 is 0. The molecule has 0 aromatic heterocycles. The fourth-order valence-corrected chi connectivity index (χ4v) is 2.53. The van der Waals surface area contributed by atoms with Gasteiger partial charge in [0.1, 0.15) is 0 Å². The number of nitrogens with zero attached hydrogens (tertiary/aromatic N) is 1. The average molecular weight is 289 g/mol. The number of carbonyl (C=O) groups is 2. The highest BCUT2D eigenvalue weighted by Crippen LogP contribution is 2.13. The Morgan fingerprint density at radius 1 is 1.33 bits per heavy atom. The highest BCUT2D eigenvalue weighted by molar-refractivity contribution is 5.78. The molecule has 114 valence electrons. The number of likely N-dealkylation sites (tertiary alicyclic amines) is 1. The molecule has 1 fully saturated rings. The van der Waals surface area contributed by atoms with Gasteiger partial charge in [0.25, 0.3) is 0 Å². The molecule has 2 amide bonds. The van der Waals surface area contributed by atoms with Crippen molar-refractivity contribution in [3.63, 3.8) is 0 Å². The van der Waals surface area contributed by atoms with Crippen LogP contribution in [-0.2, 0) is 9.59 Å². The first-order chi connectivity index (χ1) is 10.2. The number of nitrogens with two attached hydrogens (primary N) is 1. The molecule has 1 unspecified atom stereocenters. The third-order valence-corrected chi connectivity index (χ3v) is 3.73. The topological polar surface area (TPSA) is 75.4 Å². The summed E-state index contributed by atoms with van der Waals surface area (Å²) in [6.07, 6.45) is 2.69.